The molecule has 0 spiro atoms. The molecule has 144 valence electrons. The van der Waals surface area contributed by atoms with E-state index in [1.54, 1.807) is 24.3 Å². The van der Waals surface area contributed by atoms with Gasteiger partial charge in [-0.2, -0.15) is 0 Å². The molecule has 27 heavy (non-hydrogen) atoms. The summed E-state index contributed by atoms with van der Waals surface area (Å²) in [6.45, 7) is 1.46. The molecule has 0 aromatic heterocycles. The minimum Gasteiger partial charge on any atom is -0.495 e. The number of nitrogens with one attached hydrogen (secondary N) is 1. The molecule has 0 saturated heterocycles. The predicted molar refractivity (Wildman–Crippen MR) is 98.9 cm³/mol. The number of halogens is 2. The van der Waals surface area contributed by atoms with Crippen LogP contribution in [0.5, 0.6) is 5.75 Å². The average molecular weight is 395 g/mol. The molecule has 0 aliphatic carbocycles. The first-order valence-corrected chi connectivity index (χ1v) is 9.10. The van der Waals surface area contributed by atoms with Crippen molar-refractivity contribution < 1.29 is 27.8 Å². The zero-order chi connectivity index (χ0) is 19.8. The smallest absolute Gasteiger partial charge is 0.307 e. The monoisotopic (exact) mass is 395 g/mol. The molecule has 0 aliphatic rings. The van der Waals surface area contributed by atoms with E-state index in [9.17, 15) is 18.4 Å². The van der Waals surface area contributed by atoms with Gasteiger partial charge >= 0.3 is 5.97 Å². The number of rotatable bonds is 8. The number of esters is 1. The van der Waals surface area contributed by atoms with Gasteiger partial charge in [-0.1, -0.05) is 12.1 Å². The van der Waals surface area contributed by atoms with E-state index in [4.69, 9.17) is 9.47 Å². The van der Waals surface area contributed by atoms with Crippen LogP contribution in [0, 0.1) is 11.6 Å². The normalized spacial score (nSPS) is 11.6. The van der Waals surface area contributed by atoms with Gasteiger partial charge in [0, 0.05) is 10.6 Å². The Bertz CT molecular complexity index is 816. The van der Waals surface area contributed by atoms with Crippen molar-refractivity contribution in [2.45, 2.75) is 24.3 Å². The maximum Gasteiger partial charge on any atom is 0.307 e. The largest absolute Gasteiger partial charge is 0.495 e. The number of benzene rings is 2. The van der Waals surface area contributed by atoms with E-state index in [1.807, 2.05) is 0 Å². The minimum atomic E-state index is -0.990. The average Bonchev–Trinajstić information content (AvgIpc) is 2.65. The molecule has 5 nitrogen and oxygen atoms in total. The van der Waals surface area contributed by atoms with E-state index in [2.05, 4.69) is 5.32 Å². The number of para-hydroxylation sites is 2. The number of thioether (sulfide) groups is 1. The van der Waals surface area contributed by atoms with Crippen LogP contribution in [0.2, 0.25) is 0 Å². The van der Waals surface area contributed by atoms with Gasteiger partial charge in [-0.3, -0.25) is 9.59 Å². The Labute approximate surface area is 160 Å². The standard InChI is InChI=1S/C19H19F2NO4S/c1-12(19(24)22-16-5-3-4-6-17(16)25-2)26-18(23)9-10-27-13-7-8-14(20)15(21)11-13/h3-8,11-12H,9-10H2,1-2H3,(H,22,24)/t12-/m0/s1. The van der Waals surface area contributed by atoms with Crippen LogP contribution in [0.25, 0.3) is 0 Å². The van der Waals surface area contributed by atoms with Gasteiger partial charge in [0.25, 0.3) is 5.91 Å². The molecule has 1 N–H and O–H groups in total. The van der Waals surface area contributed by atoms with Crippen molar-refractivity contribution in [1.82, 2.24) is 0 Å². The third-order valence-electron chi connectivity index (χ3n) is 3.51. The van der Waals surface area contributed by atoms with Gasteiger partial charge in [-0.15, -0.1) is 11.8 Å². The minimum absolute atomic E-state index is 0.0238. The summed E-state index contributed by atoms with van der Waals surface area (Å²) in [4.78, 5) is 24.5. The summed E-state index contributed by atoms with van der Waals surface area (Å²) in [5, 5.41) is 2.64. The molecular weight excluding hydrogens is 376 g/mol. The molecule has 2 aromatic rings. The van der Waals surface area contributed by atoms with E-state index in [0.29, 0.717) is 22.1 Å². The van der Waals surface area contributed by atoms with Crippen LogP contribution < -0.4 is 10.1 Å². The second kappa shape index (κ2) is 9.91. The topological polar surface area (TPSA) is 64.6 Å². The van der Waals surface area contributed by atoms with E-state index in [1.165, 1.54) is 31.9 Å². The second-order valence-corrected chi connectivity index (χ2v) is 6.66. The van der Waals surface area contributed by atoms with E-state index in [0.717, 1.165) is 12.1 Å². The Kier molecular flexibility index (Phi) is 7.60. The van der Waals surface area contributed by atoms with Crippen LogP contribution in [0.3, 0.4) is 0 Å². The van der Waals surface area contributed by atoms with Gasteiger partial charge in [0.2, 0.25) is 0 Å². The fraction of sp³-hybridized carbons (Fsp3) is 0.263. The molecular formula is C19H19F2NO4S. The number of anilines is 1. The van der Waals surface area contributed by atoms with Crippen molar-refractivity contribution in [3.8, 4) is 5.75 Å². The fourth-order valence-electron chi connectivity index (χ4n) is 2.11. The maximum absolute atomic E-state index is 13.1. The molecule has 1 atom stereocenters. The van der Waals surface area contributed by atoms with Gasteiger partial charge < -0.3 is 14.8 Å². The van der Waals surface area contributed by atoms with Crippen LogP contribution in [0.4, 0.5) is 14.5 Å². The maximum atomic E-state index is 13.1. The molecule has 0 bridgehead atoms. The van der Waals surface area contributed by atoms with Crippen LogP contribution >= 0.6 is 11.8 Å². The molecule has 0 saturated carbocycles. The Morgan fingerprint density at radius 1 is 1.15 bits per heavy atom. The Balaban J connectivity index is 1.78. The van der Waals surface area contributed by atoms with Crippen molar-refractivity contribution in [3.05, 3.63) is 54.1 Å². The summed E-state index contributed by atoms with van der Waals surface area (Å²) in [7, 11) is 1.49. The first kappa shape index (κ1) is 20.7. The quantitative estimate of drug-likeness (QED) is 0.540. The van der Waals surface area contributed by atoms with E-state index in [-0.39, 0.29) is 6.42 Å². The molecule has 8 heteroatoms. The van der Waals surface area contributed by atoms with E-state index >= 15 is 0 Å². The number of hydrogen-bond donors (Lipinski definition) is 1. The Morgan fingerprint density at radius 2 is 1.89 bits per heavy atom. The summed E-state index contributed by atoms with van der Waals surface area (Å²) in [6, 6.07) is 10.4. The number of carbonyl (C=O) groups is 2. The molecule has 2 aromatic carbocycles. The highest BCUT2D eigenvalue weighted by Gasteiger charge is 2.19. The van der Waals surface area contributed by atoms with Crippen molar-refractivity contribution in [1.29, 1.82) is 0 Å². The molecule has 2 rings (SSSR count). The first-order chi connectivity index (χ1) is 12.9. The summed E-state index contributed by atoms with van der Waals surface area (Å²) in [5.41, 5.74) is 0.474. The third-order valence-corrected chi connectivity index (χ3v) is 4.50. The molecule has 0 unspecified atom stereocenters. The zero-order valence-corrected chi connectivity index (χ0v) is 15.6. The SMILES string of the molecule is COc1ccccc1NC(=O)[C@H](C)OC(=O)CCSc1ccc(F)c(F)c1. The van der Waals surface area contributed by atoms with Crippen molar-refractivity contribution >= 4 is 29.3 Å². The number of hydrogen-bond acceptors (Lipinski definition) is 5. The highest BCUT2D eigenvalue weighted by atomic mass is 32.2. The summed E-state index contributed by atoms with van der Waals surface area (Å²) >= 11 is 1.19. The van der Waals surface area contributed by atoms with Gasteiger partial charge in [-0.05, 0) is 37.3 Å². The van der Waals surface area contributed by atoms with Crippen LogP contribution in [-0.2, 0) is 14.3 Å². The molecule has 0 radical (unpaired) electrons. The van der Waals surface area contributed by atoms with Crippen molar-refractivity contribution in [2.24, 2.45) is 0 Å². The van der Waals surface area contributed by atoms with Crippen LogP contribution in [-0.4, -0.2) is 30.8 Å². The lowest BCUT2D eigenvalue weighted by Crippen LogP contribution is -2.30. The summed E-state index contributed by atoms with van der Waals surface area (Å²) < 4.78 is 36.2. The highest BCUT2D eigenvalue weighted by molar-refractivity contribution is 7.99. The number of ether oxygens (including phenoxy) is 2. The number of methoxy groups -OCH3 is 1. The van der Waals surface area contributed by atoms with Gasteiger partial charge in [0.1, 0.15) is 5.75 Å². The Hall–Kier alpha value is -2.61. The first-order valence-electron chi connectivity index (χ1n) is 8.12. The summed E-state index contributed by atoms with van der Waals surface area (Å²) in [5.74, 6) is -2.11. The van der Waals surface area contributed by atoms with Gasteiger partial charge in [0.05, 0.1) is 19.2 Å². The fourth-order valence-corrected chi connectivity index (χ4v) is 2.97. The number of amides is 1. The predicted octanol–water partition coefficient (Wildman–Crippen LogP) is 4.03. The van der Waals surface area contributed by atoms with Gasteiger partial charge in [0.15, 0.2) is 17.7 Å². The lowest BCUT2D eigenvalue weighted by Gasteiger charge is -2.15. The zero-order valence-electron chi connectivity index (χ0n) is 14.8. The Morgan fingerprint density at radius 3 is 2.59 bits per heavy atom. The molecule has 0 heterocycles. The highest BCUT2D eigenvalue weighted by Crippen LogP contribution is 2.24. The molecule has 0 aliphatic heterocycles. The van der Waals surface area contributed by atoms with Crippen LogP contribution in [0.1, 0.15) is 13.3 Å². The van der Waals surface area contributed by atoms with E-state index < -0.39 is 29.6 Å². The van der Waals surface area contributed by atoms with Crippen molar-refractivity contribution in [3.63, 3.8) is 0 Å². The van der Waals surface area contributed by atoms with Crippen LogP contribution in [0.15, 0.2) is 47.4 Å². The lowest BCUT2D eigenvalue weighted by molar-refractivity contribution is -0.152. The number of carbonyl (C=O) groups excluding carboxylic acids is 2. The summed E-state index contributed by atoms with van der Waals surface area (Å²) in [6.07, 6.45) is -0.966. The third kappa shape index (κ3) is 6.25. The lowest BCUT2D eigenvalue weighted by atomic mass is 10.2. The van der Waals surface area contributed by atoms with Gasteiger partial charge in [-0.25, -0.2) is 8.78 Å². The molecule has 0 fully saturated rings. The van der Waals surface area contributed by atoms with Crippen molar-refractivity contribution in [2.75, 3.05) is 18.2 Å². The second-order valence-electron chi connectivity index (χ2n) is 5.50. The molecule has 1 amide bonds.